The predicted molar refractivity (Wildman–Crippen MR) is 72.5 cm³/mol. The van der Waals surface area contributed by atoms with Crippen LogP contribution in [0.25, 0.3) is 0 Å². The van der Waals surface area contributed by atoms with Gasteiger partial charge in [-0.05, 0) is 25.7 Å². The van der Waals surface area contributed by atoms with E-state index in [1.54, 1.807) is 6.33 Å². The van der Waals surface area contributed by atoms with Crippen molar-refractivity contribution in [2.45, 2.75) is 46.3 Å². The van der Waals surface area contributed by atoms with Gasteiger partial charge in [-0.1, -0.05) is 13.8 Å². The van der Waals surface area contributed by atoms with E-state index < -0.39 is 0 Å². The third kappa shape index (κ3) is 3.35. The highest BCUT2D eigenvalue weighted by atomic mass is 16.5. The Bertz CT molecular complexity index is 428. The number of carbonyl (C=O) groups excluding carboxylic acids is 1. The Morgan fingerprint density at radius 3 is 3.05 bits per heavy atom. The summed E-state index contributed by atoms with van der Waals surface area (Å²) in [6, 6.07) is 0. The van der Waals surface area contributed by atoms with E-state index in [0.29, 0.717) is 12.5 Å². The standard InChI is InChI=1S/C14H23N3O2/c1-9(2)13-11(5-4-6-19-13)14(18)15-7-12-10(3)16-8-17-12/h8-9,11,13H,4-7H2,1-3H3,(H,15,18)(H,16,17)/t11-,13-/m1/s1. The first-order chi connectivity index (χ1) is 9.09. The van der Waals surface area contributed by atoms with Gasteiger partial charge in [-0.25, -0.2) is 4.98 Å². The van der Waals surface area contributed by atoms with Crippen molar-refractivity contribution in [3.63, 3.8) is 0 Å². The molecular weight excluding hydrogens is 242 g/mol. The molecule has 0 saturated carbocycles. The van der Waals surface area contributed by atoms with E-state index in [0.717, 1.165) is 30.8 Å². The van der Waals surface area contributed by atoms with Gasteiger partial charge in [-0.15, -0.1) is 0 Å². The summed E-state index contributed by atoms with van der Waals surface area (Å²) in [5.74, 6) is 0.414. The molecule has 0 aliphatic carbocycles. The van der Waals surface area contributed by atoms with E-state index in [2.05, 4.69) is 29.1 Å². The number of H-pyrrole nitrogens is 1. The van der Waals surface area contributed by atoms with E-state index in [9.17, 15) is 4.79 Å². The van der Waals surface area contributed by atoms with Crippen LogP contribution in [-0.4, -0.2) is 28.6 Å². The van der Waals surface area contributed by atoms with Crippen LogP contribution in [-0.2, 0) is 16.1 Å². The minimum absolute atomic E-state index is 0.0343. The van der Waals surface area contributed by atoms with Crippen LogP contribution in [0.2, 0.25) is 0 Å². The zero-order valence-corrected chi connectivity index (χ0v) is 11.9. The Morgan fingerprint density at radius 2 is 2.42 bits per heavy atom. The molecule has 2 atom stereocenters. The second kappa shape index (κ2) is 6.19. The molecule has 106 valence electrons. The van der Waals surface area contributed by atoms with Crippen LogP contribution in [0.15, 0.2) is 6.33 Å². The number of rotatable bonds is 4. The molecule has 0 aromatic carbocycles. The molecule has 2 rings (SSSR count). The van der Waals surface area contributed by atoms with Gasteiger partial charge in [0.1, 0.15) is 0 Å². The Kier molecular flexibility index (Phi) is 4.58. The Balaban J connectivity index is 1.92. The minimum atomic E-state index is -0.0343. The predicted octanol–water partition coefficient (Wildman–Crippen LogP) is 1.79. The Hall–Kier alpha value is -1.36. The Morgan fingerprint density at radius 1 is 1.63 bits per heavy atom. The average Bonchev–Trinajstić information content (AvgIpc) is 2.81. The molecule has 1 aromatic rings. The molecule has 1 aliphatic heterocycles. The van der Waals surface area contributed by atoms with E-state index in [1.165, 1.54) is 0 Å². The lowest BCUT2D eigenvalue weighted by Gasteiger charge is -2.33. The second-order valence-electron chi connectivity index (χ2n) is 5.52. The molecule has 0 radical (unpaired) electrons. The molecule has 2 N–H and O–H groups in total. The first kappa shape index (κ1) is 14.1. The molecule has 5 heteroatoms. The summed E-state index contributed by atoms with van der Waals surface area (Å²) in [5.41, 5.74) is 1.90. The molecule has 1 aliphatic rings. The number of aryl methyl sites for hydroxylation is 1. The summed E-state index contributed by atoms with van der Waals surface area (Å²) in [4.78, 5) is 19.5. The van der Waals surface area contributed by atoms with Crippen molar-refractivity contribution < 1.29 is 9.53 Å². The number of hydrogen-bond donors (Lipinski definition) is 2. The highest BCUT2D eigenvalue weighted by Gasteiger charge is 2.33. The number of ether oxygens (including phenoxy) is 1. The summed E-state index contributed by atoms with van der Waals surface area (Å²) in [6.07, 6.45) is 3.56. The first-order valence-corrected chi connectivity index (χ1v) is 6.97. The lowest BCUT2D eigenvalue weighted by Crippen LogP contribution is -2.43. The van der Waals surface area contributed by atoms with Crippen LogP contribution in [0.4, 0.5) is 0 Å². The molecule has 1 saturated heterocycles. The largest absolute Gasteiger partial charge is 0.377 e. The molecular formula is C14H23N3O2. The van der Waals surface area contributed by atoms with Crippen LogP contribution in [0.3, 0.4) is 0 Å². The van der Waals surface area contributed by atoms with Crippen molar-refractivity contribution in [3.8, 4) is 0 Å². The SMILES string of the molecule is Cc1[nH]cnc1CNC(=O)[C@@H]1CCCO[C@@H]1C(C)C. The van der Waals surface area contributed by atoms with Gasteiger partial charge in [0, 0.05) is 12.3 Å². The van der Waals surface area contributed by atoms with Gasteiger partial charge in [-0.2, -0.15) is 0 Å². The fourth-order valence-corrected chi connectivity index (χ4v) is 2.61. The van der Waals surface area contributed by atoms with Crippen LogP contribution < -0.4 is 5.32 Å². The first-order valence-electron chi connectivity index (χ1n) is 6.97. The molecule has 0 spiro atoms. The van der Waals surface area contributed by atoms with Gasteiger partial charge in [0.15, 0.2) is 0 Å². The van der Waals surface area contributed by atoms with Crippen molar-refractivity contribution in [1.29, 1.82) is 0 Å². The number of carbonyl (C=O) groups is 1. The maximum Gasteiger partial charge on any atom is 0.226 e. The van der Waals surface area contributed by atoms with E-state index >= 15 is 0 Å². The van der Waals surface area contributed by atoms with E-state index in [-0.39, 0.29) is 17.9 Å². The van der Waals surface area contributed by atoms with Crippen molar-refractivity contribution in [1.82, 2.24) is 15.3 Å². The average molecular weight is 265 g/mol. The number of nitrogens with zero attached hydrogens (tertiary/aromatic N) is 1. The third-order valence-corrected chi connectivity index (χ3v) is 3.72. The molecule has 0 unspecified atom stereocenters. The zero-order valence-electron chi connectivity index (χ0n) is 11.9. The lowest BCUT2D eigenvalue weighted by molar-refractivity contribution is -0.137. The van der Waals surface area contributed by atoms with Crippen molar-refractivity contribution in [2.24, 2.45) is 11.8 Å². The van der Waals surface area contributed by atoms with Gasteiger partial charge in [0.2, 0.25) is 5.91 Å². The van der Waals surface area contributed by atoms with E-state index in [4.69, 9.17) is 4.74 Å². The molecule has 5 nitrogen and oxygen atoms in total. The van der Waals surface area contributed by atoms with Crippen LogP contribution in [0.5, 0.6) is 0 Å². The monoisotopic (exact) mass is 265 g/mol. The lowest BCUT2D eigenvalue weighted by atomic mass is 9.87. The Labute approximate surface area is 114 Å². The van der Waals surface area contributed by atoms with Crippen molar-refractivity contribution >= 4 is 5.91 Å². The highest BCUT2D eigenvalue weighted by Crippen LogP contribution is 2.26. The summed E-state index contributed by atoms with van der Waals surface area (Å²) in [5, 5.41) is 2.98. The van der Waals surface area contributed by atoms with Crippen molar-refractivity contribution in [3.05, 3.63) is 17.7 Å². The van der Waals surface area contributed by atoms with Gasteiger partial charge >= 0.3 is 0 Å². The fraction of sp³-hybridized carbons (Fsp3) is 0.714. The van der Waals surface area contributed by atoms with E-state index in [1.807, 2.05) is 6.92 Å². The number of nitrogens with one attached hydrogen (secondary N) is 2. The summed E-state index contributed by atoms with van der Waals surface area (Å²) >= 11 is 0. The summed E-state index contributed by atoms with van der Waals surface area (Å²) in [7, 11) is 0. The number of imidazole rings is 1. The van der Waals surface area contributed by atoms with Crippen LogP contribution >= 0.6 is 0 Å². The molecule has 1 fully saturated rings. The summed E-state index contributed by atoms with van der Waals surface area (Å²) in [6.45, 7) is 7.41. The fourth-order valence-electron chi connectivity index (χ4n) is 2.61. The van der Waals surface area contributed by atoms with Gasteiger partial charge in [0.25, 0.3) is 0 Å². The highest BCUT2D eigenvalue weighted by molar-refractivity contribution is 5.79. The number of aromatic nitrogens is 2. The molecule has 19 heavy (non-hydrogen) atoms. The maximum absolute atomic E-state index is 12.3. The number of aromatic amines is 1. The van der Waals surface area contributed by atoms with Gasteiger partial charge < -0.3 is 15.0 Å². The molecule has 1 amide bonds. The normalized spacial score (nSPS) is 23.6. The van der Waals surface area contributed by atoms with Gasteiger partial charge in [0.05, 0.1) is 30.6 Å². The molecule has 1 aromatic heterocycles. The quantitative estimate of drug-likeness (QED) is 0.872. The molecule has 0 bridgehead atoms. The van der Waals surface area contributed by atoms with Crippen LogP contribution in [0.1, 0.15) is 38.1 Å². The van der Waals surface area contributed by atoms with Gasteiger partial charge in [-0.3, -0.25) is 4.79 Å². The van der Waals surface area contributed by atoms with Crippen LogP contribution in [0, 0.1) is 18.8 Å². The third-order valence-electron chi connectivity index (χ3n) is 3.72. The van der Waals surface area contributed by atoms with Crippen molar-refractivity contribution in [2.75, 3.05) is 6.61 Å². The minimum Gasteiger partial charge on any atom is -0.377 e. The molecule has 2 heterocycles. The topological polar surface area (TPSA) is 67.0 Å². The maximum atomic E-state index is 12.3. The number of hydrogen-bond acceptors (Lipinski definition) is 3. The second-order valence-corrected chi connectivity index (χ2v) is 5.52. The number of amides is 1. The smallest absolute Gasteiger partial charge is 0.226 e. The zero-order chi connectivity index (χ0) is 13.8. The summed E-state index contributed by atoms with van der Waals surface area (Å²) < 4.78 is 5.75.